The Labute approximate surface area is 135 Å². The Morgan fingerprint density at radius 2 is 1.70 bits per heavy atom. The van der Waals surface area contributed by atoms with E-state index in [1.165, 1.54) is 0 Å². The zero-order chi connectivity index (χ0) is 15.3. The molecule has 1 aromatic carbocycles. The van der Waals surface area contributed by atoms with Crippen molar-refractivity contribution in [3.63, 3.8) is 0 Å². The Hall–Kier alpha value is -0.480. The molecule has 6 heteroatoms. The summed E-state index contributed by atoms with van der Waals surface area (Å²) >= 11 is 17.9. The van der Waals surface area contributed by atoms with Gasteiger partial charge in [-0.2, -0.15) is 0 Å². The summed E-state index contributed by atoms with van der Waals surface area (Å²) in [6, 6.07) is 7.25. The van der Waals surface area contributed by atoms with E-state index in [1.807, 2.05) is 37.8 Å². The molecule has 0 aromatic heterocycles. The lowest BCUT2D eigenvalue weighted by Crippen LogP contribution is -2.55. The summed E-state index contributed by atoms with van der Waals surface area (Å²) < 4.78 is -1.59. The van der Waals surface area contributed by atoms with E-state index in [0.29, 0.717) is 18.7 Å². The van der Waals surface area contributed by atoms with Crippen molar-refractivity contribution in [2.45, 2.75) is 30.7 Å². The molecule has 0 aliphatic carbocycles. The van der Waals surface area contributed by atoms with Crippen LogP contribution in [0.25, 0.3) is 0 Å². The monoisotopic (exact) mass is 336 g/mol. The maximum absolute atomic E-state index is 12.2. The first kappa shape index (κ1) is 17.6. The minimum Gasteiger partial charge on any atom is -0.332 e. The summed E-state index contributed by atoms with van der Waals surface area (Å²) in [5.74, 6) is -0.256. The molecule has 1 aromatic rings. The van der Waals surface area contributed by atoms with Gasteiger partial charge in [0.05, 0.1) is 0 Å². The van der Waals surface area contributed by atoms with Gasteiger partial charge in [-0.1, -0.05) is 66.3 Å². The number of hydrogen-bond acceptors (Lipinski definition) is 2. The molecule has 3 nitrogen and oxygen atoms in total. The molecule has 0 heterocycles. The maximum atomic E-state index is 12.2. The van der Waals surface area contributed by atoms with E-state index >= 15 is 0 Å². The molecule has 0 radical (unpaired) electrons. The van der Waals surface area contributed by atoms with Crippen LogP contribution in [0.15, 0.2) is 24.3 Å². The summed E-state index contributed by atoms with van der Waals surface area (Å²) in [7, 11) is 0. The van der Waals surface area contributed by atoms with Gasteiger partial charge in [-0.15, -0.1) is 0 Å². The zero-order valence-corrected chi connectivity index (χ0v) is 14.1. The van der Waals surface area contributed by atoms with Crippen LogP contribution >= 0.6 is 34.8 Å². The number of alkyl halides is 3. The van der Waals surface area contributed by atoms with Crippen LogP contribution in [-0.2, 0) is 0 Å². The van der Waals surface area contributed by atoms with Crippen LogP contribution < -0.4 is 5.32 Å². The highest BCUT2D eigenvalue weighted by Crippen LogP contribution is 2.32. The quantitative estimate of drug-likeness (QED) is 0.655. The number of nitrogens with one attached hydrogen (secondary N) is 1. The predicted octanol–water partition coefficient (Wildman–Crippen LogP) is 3.76. The zero-order valence-electron chi connectivity index (χ0n) is 11.8. The third-order valence-electron chi connectivity index (χ3n) is 3.07. The predicted molar refractivity (Wildman–Crippen MR) is 85.6 cm³/mol. The van der Waals surface area contributed by atoms with Crippen LogP contribution in [0.2, 0.25) is 0 Å². The fourth-order valence-corrected chi connectivity index (χ4v) is 2.46. The second-order valence-electron chi connectivity index (χ2n) is 4.50. The Morgan fingerprint density at radius 3 is 2.10 bits per heavy atom. The van der Waals surface area contributed by atoms with E-state index in [2.05, 4.69) is 5.32 Å². The lowest BCUT2D eigenvalue weighted by molar-refractivity contribution is 0.0862. The Kier molecular flexibility index (Phi) is 6.59. The Bertz CT molecular complexity index is 439. The highest BCUT2D eigenvalue weighted by molar-refractivity contribution is 6.68. The second kappa shape index (κ2) is 7.51. The third kappa shape index (κ3) is 4.81. The number of amides is 1. The fourth-order valence-electron chi connectivity index (χ4n) is 1.88. The average Bonchev–Trinajstić information content (AvgIpc) is 2.38. The molecule has 1 atom stereocenters. The SMILES string of the molecule is CCN(CC)C(NC(=O)c1ccc(C)cc1)C(Cl)(Cl)Cl. The molecule has 1 N–H and O–H groups in total. The molecule has 1 unspecified atom stereocenters. The van der Waals surface area contributed by atoms with Crippen LogP contribution in [0.5, 0.6) is 0 Å². The van der Waals surface area contributed by atoms with E-state index in [0.717, 1.165) is 5.56 Å². The number of benzene rings is 1. The lowest BCUT2D eigenvalue weighted by atomic mass is 10.1. The number of aryl methyl sites for hydroxylation is 1. The van der Waals surface area contributed by atoms with Gasteiger partial charge >= 0.3 is 0 Å². The fraction of sp³-hybridized carbons (Fsp3) is 0.500. The number of halogens is 3. The summed E-state index contributed by atoms with van der Waals surface area (Å²) in [4.78, 5) is 14.1. The molecule has 1 rings (SSSR count). The normalized spacial score (nSPS) is 13.3. The van der Waals surface area contributed by atoms with Crippen molar-refractivity contribution in [3.8, 4) is 0 Å². The van der Waals surface area contributed by atoms with Gasteiger partial charge in [0.2, 0.25) is 3.79 Å². The van der Waals surface area contributed by atoms with Crippen molar-refractivity contribution in [3.05, 3.63) is 35.4 Å². The van der Waals surface area contributed by atoms with E-state index in [9.17, 15) is 4.79 Å². The number of rotatable bonds is 5. The molecule has 112 valence electrons. The first-order chi connectivity index (χ1) is 9.29. The molecular weight excluding hydrogens is 319 g/mol. The van der Waals surface area contributed by atoms with Crippen LogP contribution in [0.3, 0.4) is 0 Å². The average molecular weight is 338 g/mol. The van der Waals surface area contributed by atoms with Crippen molar-refractivity contribution in [1.29, 1.82) is 0 Å². The van der Waals surface area contributed by atoms with Crippen LogP contribution in [0, 0.1) is 6.92 Å². The van der Waals surface area contributed by atoms with Crippen molar-refractivity contribution < 1.29 is 4.79 Å². The largest absolute Gasteiger partial charge is 0.332 e. The molecule has 1 amide bonds. The topological polar surface area (TPSA) is 32.3 Å². The van der Waals surface area contributed by atoms with Crippen molar-refractivity contribution in [2.75, 3.05) is 13.1 Å². The molecule has 0 aliphatic heterocycles. The molecule has 0 saturated carbocycles. The standard InChI is InChI=1S/C14H19Cl3N2O/c1-4-19(5-2)13(14(15,16)17)18-12(20)11-8-6-10(3)7-9-11/h6-9,13H,4-5H2,1-3H3,(H,18,20). The van der Waals surface area contributed by atoms with E-state index in [1.54, 1.807) is 12.1 Å². The lowest BCUT2D eigenvalue weighted by Gasteiger charge is -2.35. The van der Waals surface area contributed by atoms with Gasteiger partial charge in [0, 0.05) is 5.56 Å². The van der Waals surface area contributed by atoms with Crippen LogP contribution in [-0.4, -0.2) is 33.9 Å². The third-order valence-corrected chi connectivity index (χ3v) is 3.69. The minimum absolute atomic E-state index is 0.256. The van der Waals surface area contributed by atoms with Gasteiger partial charge in [-0.25, -0.2) is 0 Å². The van der Waals surface area contributed by atoms with Crippen molar-refractivity contribution in [1.82, 2.24) is 10.2 Å². The minimum atomic E-state index is -1.59. The number of hydrogen-bond donors (Lipinski definition) is 1. The number of carbonyl (C=O) groups is 1. The Morgan fingerprint density at radius 1 is 1.20 bits per heavy atom. The van der Waals surface area contributed by atoms with Crippen molar-refractivity contribution >= 4 is 40.7 Å². The molecule has 0 bridgehead atoms. The second-order valence-corrected chi connectivity index (χ2v) is 6.87. The first-order valence-electron chi connectivity index (χ1n) is 6.47. The van der Waals surface area contributed by atoms with Gasteiger partial charge < -0.3 is 5.32 Å². The first-order valence-corrected chi connectivity index (χ1v) is 7.61. The highest BCUT2D eigenvalue weighted by atomic mass is 35.6. The summed E-state index contributed by atoms with van der Waals surface area (Å²) in [5.41, 5.74) is 1.63. The summed E-state index contributed by atoms with van der Waals surface area (Å²) in [6.07, 6.45) is -0.670. The smallest absolute Gasteiger partial charge is 0.252 e. The maximum Gasteiger partial charge on any atom is 0.252 e. The van der Waals surface area contributed by atoms with Crippen LogP contribution in [0.1, 0.15) is 29.8 Å². The van der Waals surface area contributed by atoms with Crippen LogP contribution in [0.4, 0.5) is 0 Å². The highest BCUT2D eigenvalue weighted by Gasteiger charge is 2.37. The molecule has 0 fully saturated rings. The van der Waals surface area contributed by atoms with Gasteiger partial charge in [-0.3, -0.25) is 9.69 Å². The van der Waals surface area contributed by atoms with E-state index in [-0.39, 0.29) is 5.91 Å². The number of carbonyl (C=O) groups excluding carboxylic acids is 1. The Balaban J connectivity index is 2.89. The van der Waals surface area contributed by atoms with E-state index < -0.39 is 9.96 Å². The summed E-state index contributed by atoms with van der Waals surface area (Å²) in [5, 5.41) is 2.79. The molecule has 0 saturated heterocycles. The molecule has 0 spiro atoms. The van der Waals surface area contributed by atoms with Gasteiger partial charge in [0.1, 0.15) is 6.17 Å². The molecule has 0 aliphatic rings. The molecular formula is C14H19Cl3N2O. The van der Waals surface area contributed by atoms with Gasteiger partial charge in [-0.05, 0) is 32.1 Å². The van der Waals surface area contributed by atoms with Crippen molar-refractivity contribution in [2.24, 2.45) is 0 Å². The van der Waals surface area contributed by atoms with Gasteiger partial charge in [0.15, 0.2) is 0 Å². The van der Waals surface area contributed by atoms with Gasteiger partial charge in [0.25, 0.3) is 5.91 Å². The number of nitrogens with zero attached hydrogens (tertiary/aromatic N) is 1. The van der Waals surface area contributed by atoms with E-state index in [4.69, 9.17) is 34.8 Å². The summed E-state index contributed by atoms with van der Waals surface area (Å²) in [6.45, 7) is 7.20. The molecule has 20 heavy (non-hydrogen) atoms.